The van der Waals surface area contributed by atoms with Gasteiger partial charge in [0, 0.05) is 25.2 Å². The molecule has 1 aromatic carbocycles. The van der Waals surface area contributed by atoms with Crippen molar-refractivity contribution in [1.82, 2.24) is 9.80 Å². The molecule has 134 valence electrons. The Morgan fingerprint density at radius 2 is 1.76 bits per heavy atom. The van der Waals surface area contributed by atoms with Gasteiger partial charge in [-0.05, 0) is 82.0 Å². The second kappa shape index (κ2) is 8.98. The van der Waals surface area contributed by atoms with E-state index in [0.29, 0.717) is 12.0 Å². The largest absolute Gasteiger partial charge is 0.326 e. The molecular formula is C20H28N4O. The van der Waals surface area contributed by atoms with Crippen molar-refractivity contribution in [3.63, 3.8) is 0 Å². The molecular weight excluding hydrogens is 312 g/mol. The first-order valence-corrected chi connectivity index (χ1v) is 9.47. The Bertz CT molecular complexity index is 593. The van der Waals surface area contributed by atoms with Crippen LogP contribution in [0.1, 0.15) is 37.7 Å². The Morgan fingerprint density at radius 3 is 2.40 bits per heavy atom. The minimum absolute atomic E-state index is 0.0453. The van der Waals surface area contributed by atoms with Crippen LogP contribution < -0.4 is 5.32 Å². The van der Waals surface area contributed by atoms with E-state index in [0.717, 1.165) is 31.2 Å². The number of carbonyl (C=O) groups excluding carboxylic acids is 1. The first-order valence-electron chi connectivity index (χ1n) is 9.47. The molecule has 0 atom stereocenters. The van der Waals surface area contributed by atoms with Gasteiger partial charge in [-0.2, -0.15) is 5.26 Å². The summed E-state index contributed by atoms with van der Waals surface area (Å²) in [6.45, 7) is 6.91. The number of hydrogen-bond donors (Lipinski definition) is 1. The smallest absolute Gasteiger partial charge is 0.225 e. The number of hydrogen-bond acceptors (Lipinski definition) is 4. The predicted molar refractivity (Wildman–Crippen MR) is 99.2 cm³/mol. The fourth-order valence-corrected chi connectivity index (χ4v) is 3.83. The van der Waals surface area contributed by atoms with Crippen molar-refractivity contribution in [1.29, 1.82) is 5.26 Å². The summed E-state index contributed by atoms with van der Waals surface area (Å²) < 4.78 is 0. The zero-order valence-corrected chi connectivity index (χ0v) is 14.9. The molecule has 0 bridgehead atoms. The van der Waals surface area contributed by atoms with E-state index in [4.69, 9.17) is 5.26 Å². The molecule has 2 saturated heterocycles. The molecule has 1 amide bonds. The molecule has 1 aromatic rings. The molecule has 0 radical (unpaired) electrons. The maximum atomic E-state index is 12.1. The van der Waals surface area contributed by atoms with Crippen LogP contribution in [0.4, 0.5) is 5.69 Å². The lowest BCUT2D eigenvalue weighted by atomic mass is 9.96. The van der Waals surface area contributed by atoms with Crippen LogP contribution in [0.5, 0.6) is 0 Å². The van der Waals surface area contributed by atoms with Crippen molar-refractivity contribution in [3.05, 3.63) is 29.8 Å². The van der Waals surface area contributed by atoms with Gasteiger partial charge in [-0.25, -0.2) is 0 Å². The third-order valence-electron chi connectivity index (χ3n) is 5.38. The predicted octanol–water partition coefficient (Wildman–Crippen LogP) is 2.69. The van der Waals surface area contributed by atoms with Crippen molar-refractivity contribution in [2.24, 2.45) is 5.92 Å². The van der Waals surface area contributed by atoms with Crippen LogP contribution in [0.3, 0.4) is 0 Å². The van der Waals surface area contributed by atoms with Gasteiger partial charge in [0.1, 0.15) is 0 Å². The second-order valence-corrected chi connectivity index (χ2v) is 7.28. The number of likely N-dealkylation sites (tertiary alicyclic amines) is 2. The maximum absolute atomic E-state index is 12.1. The van der Waals surface area contributed by atoms with Crippen molar-refractivity contribution in [2.75, 3.05) is 44.6 Å². The minimum atomic E-state index is 0.0453. The Morgan fingerprint density at radius 1 is 1.08 bits per heavy atom. The number of piperidine rings is 1. The van der Waals surface area contributed by atoms with Crippen LogP contribution in [0, 0.1) is 17.2 Å². The Balaban J connectivity index is 1.33. The Kier molecular flexibility index (Phi) is 6.43. The number of rotatable bonds is 6. The highest BCUT2D eigenvalue weighted by atomic mass is 16.1. The fraction of sp³-hybridized carbons (Fsp3) is 0.600. The van der Waals surface area contributed by atoms with Crippen molar-refractivity contribution < 1.29 is 4.79 Å². The second-order valence-electron chi connectivity index (χ2n) is 7.28. The molecule has 0 aliphatic carbocycles. The lowest BCUT2D eigenvalue weighted by molar-refractivity contribution is -0.116. The Labute approximate surface area is 150 Å². The standard InChI is InChI=1S/C20H28N4O/c21-15-17-3-5-19(6-4-17)22-20(25)9-14-23-12-7-18(8-13-23)16-24-10-1-2-11-24/h3-6,18H,1-2,7-14,16H2,(H,22,25). The third kappa shape index (κ3) is 5.55. The number of anilines is 1. The average Bonchev–Trinajstić information content (AvgIpc) is 3.15. The number of nitriles is 1. The lowest BCUT2D eigenvalue weighted by Crippen LogP contribution is -2.39. The van der Waals surface area contributed by atoms with Gasteiger partial charge in [0.15, 0.2) is 0 Å². The minimum Gasteiger partial charge on any atom is -0.326 e. The number of nitrogens with one attached hydrogen (secondary N) is 1. The average molecular weight is 340 g/mol. The van der Waals surface area contributed by atoms with Crippen LogP contribution in [0.15, 0.2) is 24.3 Å². The summed E-state index contributed by atoms with van der Waals surface area (Å²) in [6, 6.07) is 9.08. The molecule has 0 saturated carbocycles. The summed E-state index contributed by atoms with van der Waals surface area (Å²) >= 11 is 0. The number of carbonyl (C=O) groups is 1. The Hall–Kier alpha value is -1.90. The van der Waals surface area contributed by atoms with Crippen molar-refractivity contribution >= 4 is 11.6 Å². The van der Waals surface area contributed by atoms with E-state index >= 15 is 0 Å². The molecule has 5 heteroatoms. The maximum Gasteiger partial charge on any atom is 0.225 e. The van der Waals surface area contributed by atoms with Gasteiger partial charge >= 0.3 is 0 Å². The first kappa shape index (κ1) is 17.9. The van der Waals surface area contributed by atoms with Gasteiger partial charge in [0.25, 0.3) is 0 Å². The van der Waals surface area contributed by atoms with Gasteiger partial charge in [0.2, 0.25) is 5.91 Å². The van der Waals surface area contributed by atoms with E-state index in [9.17, 15) is 4.79 Å². The number of amides is 1. The van der Waals surface area contributed by atoms with E-state index in [-0.39, 0.29) is 5.91 Å². The van der Waals surface area contributed by atoms with Gasteiger partial charge < -0.3 is 15.1 Å². The summed E-state index contributed by atoms with van der Waals surface area (Å²) in [7, 11) is 0. The van der Waals surface area contributed by atoms with E-state index < -0.39 is 0 Å². The van der Waals surface area contributed by atoms with Gasteiger partial charge in [-0.3, -0.25) is 4.79 Å². The van der Waals surface area contributed by atoms with Gasteiger partial charge in [-0.15, -0.1) is 0 Å². The van der Waals surface area contributed by atoms with Crippen LogP contribution >= 0.6 is 0 Å². The zero-order valence-electron chi connectivity index (χ0n) is 14.9. The highest BCUT2D eigenvalue weighted by Crippen LogP contribution is 2.20. The van der Waals surface area contributed by atoms with Gasteiger partial charge in [0.05, 0.1) is 11.6 Å². The van der Waals surface area contributed by atoms with Crippen molar-refractivity contribution in [3.8, 4) is 6.07 Å². The highest BCUT2D eigenvalue weighted by Gasteiger charge is 2.22. The normalized spacial score (nSPS) is 19.6. The van der Waals surface area contributed by atoms with E-state index in [1.807, 2.05) is 0 Å². The number of nitrogens with zero attached hydrogens (tertiary/aromatic N) is 3. The molecule has 1 N–H and O–H groups in total. The molecule has 5 nitrogen and oxygen atoms in total. The summed E-state index contributed by atoms with van der Waals surface area (Å²) in [6.07, 6.45) is 5.78. The van der Waals surface area contributed by atoms with E-state index in [1.54, 1.807) is 24.3 Å². The SMILES string of the molecule is N#Cc1ccc(NC(=O)CCN2CCC(CN3CCCC3)CC2)cc1. The summed E-state index contributed by atoms with van der Waals surface area (Å²) in [5.41, 5.74) is 1.36. The monoisotopic (exact) mass is 340 g/mol. The van der Waals surface area contributed by atoms with Crippen molar-refractivity contribution in [2.45, 2.75) is 32.1 Å². The topological polar surface area (TPSA) is 59.4 Å². The fourth-order valence-electron chi connectivity index (χ4n) is 3.83. The van der Waals surface area contributed by atoms with Crippen LogP contribution in [-0.2, 0) is 4.79 Å². The van der Waals surface area contributed by atoms with Crippen LogP contribution in [0.2, 0.25) is 0 Å². The number of benzene rings is 1. The van der Waals surface area contributed by atoms with E-state index in [2.05, 4.69) is 21.2 Å². The molecule has 2 aliphatic heterocycles. The molecule has 0 spiro atoms. The van der Waals surface area contributed by atoms with Gasteiger partial charge in [-0.1, -0.05) is 0 Å². The molecule has 2 aliphatic rings. The molecule has 0 aromatic heterocycles. The molecule has 2 heterocycles. The molecule has 25 heavy (non-hydrogen) atoms. The summed E-state index contributed by atoms with van der Waals surface area (Å²) in [4.78, 5) is 17.1. The molecule has 3 rings (SSSR count). The zero-order chi connectivity index (χ0) is 17.5. The molecule has 2 fully saturated rings. The lowest BCUT2D eigenvalue weighted by Gasteiger charge is -2.33. The van der Waals surface area contributed by atoms with Crippen LogP contribution in [0.25, 0.3) is 0 Å². The highest BCUT2D eigenvalue weighted by molar-refractivity contribution is 5.90. The summed E-state index contributed by atoms with van der Waals surface area (Å²) in [5, 5.41) is 11.7. The van der Waals surface area contributed by atoms with E-state index in [1.165, 1.54) is 45.3 Å². The third-order valence-corrected chi connectivity index (χ3v) is 5.38. The summed E-state index contributed by atoms with van der Waals surface area (Å²) in [5.74, 6) is 0.880. The first-order chi connectivity index (χ1) is 12.2. The quantitative estimate of drug-likeness (QED) is 0.865. The molecule has 0 unspecified atom stereocenters. The van der Waals surface area contributed by atoms with Crippen LogP contribution in [-0.4, -0.2) is 55.0 Å².